The molecule has 0 aliphatic rings. The van der Waals surface area contributed by atoms with Crippen molar-refractivity contribution in [1.29, 1.82) is 0 Å². The van der Waals surface area contributed by atoms with Gasteiger partial charge >= 0.3 is 0 Å². The van der Waals surface area contributed by atoms with Crippen LogP contribution in [0.15, 0.2) is 47.6 Å². The fraction of sp³-hybridized carbons (Fsp3) is 0.278. The summed E-state index contributed by atoms with van der Waals surface area (Å²) in [4.78, 5) is 4.24. The van der Waals surface area contributed by atoms with Crippen LogP contribution in [-0.4, -0.2) is 41.8 Å². The summed E-state index contributed by atoms with van der Waals surface area (Å²) in [6.45, 7) is 1.11. The smallest absolute Gasteiger partial charge is 0.191 e. The average molecular weight is 482 g/mol. The largest absolute Gasteiger partial charge is 0.493 e. The predicted octanol–water partition coefficient (Wildman–Crippen LogP) is 2.23. The highest BCUT2D eigenvalue weighted by atomic mass is 127. The molecule has 3 rings (SSSR count). The molecule has 0 saturated heterocycles. The quantitative estimate of drug-likeness (QED) is 0.319. The average Bonchev–Trinajstić information content (AvgIpc) is 3.11. The van der Waals surface area contributed by atoms with Gasteiger partial charge in [-0.25, -0.2) is 0 Å². The molecule has 0 spiro atoms. The number of ether oxygens (including phenoxy) is 2. The van der Waals surface area contributed by atoms with Crippen LogP contribution in [-0.2, 0) is 13.1 Å². The third-order valence-electron chi connectivity index (χ3n) is 3.93. The lowest BCUT2D eigenvalue weighted by molar-refractivity contribution is 0.354. The number of methoxy groups -OCH3 is 2. The van der Waals surface area contributed by atoms with Crippen LogP contribution in [0.5, 0.6) is 11.5 Å². The van der Waals surface area contributed by atoms with Crippen LogP contribution < -0.4 is 20.1 Å². The number of rotatable bonds is 6. The molecular weight excluding hydrogens is 459 g/mol. The van der Waals surface area contributed by atoms with Crippen molar-refractivity contribution in [3.05, 3.63) is 54.0 Å². The summed E-state index contributed by atoms with van der Waals surface area (Å²) in [7, 11) is 4.97. The number of nitrogens with zero attached hydrogens (tertiary/aromatic N) is 4. The van der Waals surface area contributed by atoms with E-state index >= 15 is 0 Å². The van der Waals surface area contributed by atoms with E-state index in [0.29, 0.717) is 30.5 Å². The standard InChI is InChI=1S/C18H22N6O2.HI/c1-19-18(20-11-13-7-8-14(25-2)15(10-13)26-3)21-12-17-23-22-16-6-4-5-9-24(16)17;/h4-10H,11-12H2,1-3H3,(H2,19,20,21);1H. The number of halogens is 1. The van der Waals surface area contributed by atoms with Gasteiger partial charge in [-0.3, -0.25) is 9.39 Å². The van der Waals surface area contributed by atoms with Crippen molar-refractivity contribution in [2.45, 2.75) is 13.1 Å². The lowest BCUT2D eigenvalue weighted by Gasteiger charge is -2.13. The Morgan fingerprint density at radius 2 is 1.81 bits per heavy atom. The van der Waals surface area contributed by atoms with Crippen LogP contribution in [0, 0.1) is 0 Å². The number of nitrogens with one attached hydrogen (secondary N) is 2. The first-order valence-corrected chi connectivity index (χ1v) is 8.19. The van der Waals surface area contributed by atoms with E-state index in [1.165, 1.54) is 0 Å². The molecule has 2 heterocycles. The zero-order chi connectivity index (χ0) is 18.4. The molecule has 0 atom stereocenters. The Morgan fingerprint density at radius 3 is 2.56 bits per heavy atom. The van der Waals surface area contributed by atoms with E-state index in [2.05, 4.69) is 25.8 Å². The molecule has 27 heavy (non-hydrogen) atoms. The van der Waals surface area contributed by atoms with Gasteiger partial charge in [0.1, 0.15) is 0 Å². The van der Waals surface area contributed by atoms with Gasteiger partial charge in [0.05, 0.1) is 20.8 Å². The van der Waals surface area contributed by atoms with Crippen molar-refractivity contribution in [2.24, 2.45) is 4.99 Å². The molecule has 0 unspecified atom stereocenters. The van der Waals surface area contributed by atoms with Crippen LogP contribution in [0.4, 0.5) is 0 Å². The third-order valence-corrected chi connectivity index (χ3v) is 3.93. The molecule has 0 amide bonds. The van der Waals surface area contributed by atoms with E-state index in [4.69, 9.17) is 9.47 Å². The van der Waals surface area contributed by atoms with E-state index in [0.717, 1.165) is 17.0 Å². The fourth-order valence-electron chi connectivity index (χ4n) is 2.57. The number of benzene rings is 1. The molecule has 2 N–H and O–H groups in total. The zero-order valence-corrected chi connectivity index (χ0v) is 17.8. The summed E-state index contributed by atoms with van der Waals surface area (Å²) in [6.07, 6.45) is 1.94. The van der Waals surface area contributed by atoms with Gasteiger partial charge in [0.2, 0.25) is 0 Å². The summed E-state index contributed by atoms with van der Waals surface area (Å²) < 4.78 is 12.5. The number of hydrogen-bond acceptors (Lipinski definition) is 5. The monoisotopic (exact) mass is 482 g/mol. The Balaban J connectivity index is 0.00000261. The van der Waals surface area contributed by atoms with Crippen LogP contribution in [0.1, 0.15) is 11.4 Å². The summed E-state index contributed by atoms with van der Waals surface area (Å²) >= 11 is 0. The second-order valence-corrected chi connectivity index (χ2v) is 5.51. The number of pyridine rings is 1. The van der Waals surface area contributed by atoms with Crippen molar-refractivity contribution >= 4 is 35.6 Å². The Kier molecular flexibility index (Phi) is 7.65. The summed E-state index contributed by atoms with van der Waals surface area (Å²) in [5, 5.41) is 14.9. The highest BCUT2D eigenvalue weighted by Crippen LogP contribution is 2.27. The van der Waals surface area contributed by atoms with Gasteiger partial charge in [-0.15, -0.1) is 34.2 Å². The highest BCUT2D eigenvalue weighted by molar-refractivity contribution is 14.0. The maximum atomic E-state index is 5.33. The summed E-state index contributed by atoms with van der Waals surface area (Å²) in [6, 6.07) is 11.6. The van der Waals surface area contributed by atoms with Gasteiger partial charge in [0.15, 0.2) is 28.9 Å². The zero-order valence-electron chi connectivity index (χ0n) is 15.5. The lowest BCUT2D eigenvalue weighted by atomic mass is 10.2. The van der Waals surface area contributed by atoms with Gasteiger partial charge < -0.3 is 20.1 Å². The van der Waals surface area contributed by atoms with Gasteiger partial charge in [-0.2, -0.15) is 0 Å². The molecule has 0 radical (unpaired) electrons. The maximum Gasteiger partial charge on any atom is 0.191 e. The van der Waals surface area contributed by atoms with Gasteiger partial charge in [0.25, 0.3) is 0 Å². The van der Waals surface area contributed by atoms with Crippen molar-refractivity contribution in [3.63, 3.8) is 0 Å². The Morgan fingerprint density at radius 1 is 1.04 bits per heavy atom. The minimum atomic E-state index is 0. The highest BCUT2D eigenvalue weighted by Gasteiger charge is 2.07. The molecule has 0 saturated carbocycles. The van der Waals surface area contributed by atoms with E-state index in [9.17, 15) is 0 Å². The van der Waals surface area contributed by atoms with Gasteiger partial charge in [0, 0.05) is 19.8 Å². The Bertz CT molecular complexity index is 912. The number of aromatic nitrogens is 3. The first-order valence-electron chi connectivity index (χ1n) is 8.19. The van der Waals surface area contributed by atoms with Crippen LogP contribution in [0.3, 0.4) is 0 Å². The van der Waals surface area contributed by atoms with Crippen molar-refractivity contribution in [3.8, 4) is 11.5 Å². The van der Waals surface area contributed by atoms with Crippen molar-refractivity contribution in [2.75, 3.05) is 21.3 Å². The Labute approximate surface area is 175 Å². The van der Waals surface area contributed by atoms with Crippen LogP contribution >= 0.6 is 24.0 Å². The number of guanidine groups is 1. The topological polar surface area (TPSA) is 85.1 Å². The molecule has 0 aliphatic heterocycles. The number of aliphatic imine (C=N–C) groups is 1. The maximum absolute atomic E-state index is 5.33. The van der Waals surface area contributed by atoms with Crippen LogP contribution in [0.25, 0.3) is 5.65 Å². The molecule has 0 bridgehead atoms. The van der Waals surface area contributed by atoms with E-state index < -0.39 is 0 Å². The minimum absolute atomic E-state index is 0. The van der Waals surface area contributed by atoms with E-state index in [-0.39, 0.29) is 24.0 Å². The fourth-order valence-corrected chi connectivity index (χ4v) is 2.57. The number of hydrogen-bond donors (Lipinski definition) is 2. The molecular formula is C18H23IN6O2. The third kappa shape index (κ3) is 5.00. The molecule has 2 aromatic heterocycles. The first-order chi connectivity index (χ1) is 12.7. The van der Waals surface area contributed by atoms with Crippen molar-refractivity contribution < 1.29 is 9.47 Å². The summed E-state index contributed by atoms with van der Waals surface area (Å²) in [5.41, 5.74) is 1.87. The lowest BCUT2D eigenvalue weighted by Crippen LogP contribution is -2.36. The van der Waals surface area contributed by atoms with E-state index in [1.807, 2.05) is 47.0 Å². The predicted molar refractivity (Wildman–Crippen MR) is 115 cm³/mol. The van der Waals surface area contributed by atoms with Crippen molar-refractivity contribution in [1.82, 2.24) is 25.2 Å². The molecule has 0 fully saturated rings. The molecule has 9 heteroatoms. The second kappa shape index (κ2) is 9.95. The molecule has 144 valence electrons. The van der Waals surface area contributed by atoms with Crippen LogP contribution in [0.2, 0.25) is 0 Å². The normalized spacial score (nSPS) is 11.0. The van der Waals surface area contributed by atoms with Gasteiger partial charge in [-0.05, 0) is 29.8 Å². The van der Waals surface area contributed by atoms with Gasteiger partial charge in [-0.1, -0.05) is 12.1 Å². The second-order valence-electron chi connectivity index (χ2n) is 5.51. The molecule has 3 aromatic rings. The SMILES string of the molecule is CN=C(NCc1ccc(OC)c(OC)c1)NCc1nnc2ccccn12.I. The molecule has 8 nitrogen and oxygen atoms in total. The minimum Gasteiger partial charge on any atom is -0.493 e. The Hall–Kier alpha value is -2.56. The number of fused-ring (bicyclic) bond motifs is 1. The molecule has 1 aromatic carbocycles. The summed E-state index contributed by atoms with van der Waals surface area (Å²) in [5.74, 6) is 2.89. The van der Waals surface area contributed by atoms with E-state index in [1.54, 1.807) is 21.3 Å². The first kappa shape index (κ1) is 20.7. The molecule has 0 aliphatic carbocycles.